The molecule has 9 aliphatic heterocycles. The zero-order chi connectivity index (χ0) is 24.0. The fraction of sp³-hybridized carbons (Fsp3) is 0. The monoisotopic (exact) mass is 507 g/mol. The zero-order valence-corrected chi connectivity index (χ0v) is 22.2. The molecule has 14 heteroatoms. The summed E-state index contributed by atoms with van der Waals surface area (Å²) in [5.74, 6) is 1.98. The molecule has 0 aliphatic carbocycles. The Hall–Kier alpha value is -2.12. The van der Waals surface area contributed by atoms with Crippen LogP contribution in [0.5, 0.6) is 11.5 Å². The Kier molecular flexibility index (Phi) is 2.48. The number of hydrogen-bond acceptors (Lipinski definition) is 2. The van der Waals surface area contributed by atoms with E-state index in [1.54, 1.807) is 5.30 Å². The number of rotatable bonds is 3. The molecular weight excluding hydrogens is 492 g/mol. The van der Waals surface area contributed by atoms with Crippen molar-refractivity contribution in [3.8, 4) is 17.2 Å². The molecule has 38 heavy (non-hydrogen) atoms. The molecule has 7 fully saturated rings. The summed E-state index contributed by atoms with van der Waals surface area (Å²) in [6.45, 7) is 5.67. The molecule has 0 atom stereocenters. The molecule has 2 bridgehead atoms. The Morgan fingerprint density at radius 1 is 0.842 bits per heavy atom. The number of benzene rings is 4. The predicted octanol–water partition coefficient (Wildman–Crippen LogP) is 1.07. The minimum atomic E-state index is -1.91. The van der Waals surface area contributed by atoms with Crippen LogP contribution < -0.4 is 31.3 Å². The Balaban J connectivity index is 1.11. The van der Waals surface area contributed by atoms with Gasteiger partial charge in [0.1, 0.15) is 0 Å². The van der Waals surface area contributed by atoms with Gasteiger partial charge in [-0.2, -0.15) is 0 Å². The van der Waals surface area contributed by atoms with Crippen molar-refractivity contribution in [1.29, 1.82) is 0 Å². The van der Waals surface area contributed by atoms with Crippen LogP contribution >= 0.6 is 12.7 Å². The first-order valence-corrected chi connectivity index (χ1v) is 19.0. The quantitative estimate of drug-likeness (QED) is 0.287. The molecule has 0 saturated carbocycles. The van der Waals surface area contributed by atoms with Crippen LogP contribution in [0.2, 0.25) is 0 Å². The number of aromatic nitrogens is 1. The van der Waals surface area contributed by atoms with Crippen molar-refractivity contribution in [2.75, 3.05) is 0 Å². The van der Waals surface area contributed by atoms with Gasteiger partial charge in [0.2, 0.25) is 0 Å². The van der Waals surface area contributed by atoms with Crippen molar-refractivity contribution in [1.82, 2.24) is 9.42 Å². The van der Waals surface area contributed by atoms with Crippen molar-refractivity contribution in [3.63, 3.8) is 0 Å². The summed E-state index contributed by atoms with van der Waals surface area (Å²) < 4.78 is 9.02. The van der Waals surface area contributed by atoms with Gasteiger partial charge in [-0.15, -0.1) is 0 Å². The summed E-state index contributed by atoms with van der Waals surface area (Å²) in [6.07, 6.45) is 1.27. The van der Waals surface area contributed by atoms with Crippen LogP contribution in [0.1, 0.15) is 0 Å². The van der Waals surface area contributed by atoms with Gasteiger partial charge in [0.05, 0.1) is 0 Å². The van der Waals surface area contributed by atoms with Crippen LogP contribution in [0.3, 0.4) is 0 Å². The molecule has 5 radical (unpaired) electrons. The number of para-hydroxylation sites is 2. The van der Waals surface area contributed by atoms with Gasteiger partial charge in [-0.1, -0.05) is 0 Å². The third-order valence-corrected chi connectivity index (χ3v) is 26.8. The zero-order valence-electron chi connectivity index (χ0n) is 20.5. The third kappa shape index (κ3) is 1.51. The molecular formula is C24H14B9N2OP2-2. The Morgan fingerprint density at radius 3 is 2.45 bits per heavy atom. The maximum atomic E-state index is 6.48. The van der Waals surface area contributed by atoms with Crippen molar-refractivity contribution in [3.05, 3.63) is 78.9 Å². The molecule has 14 rings (SSSR count). The normalized spacial score (nSPS) is 27.1. The van der Waals surface area contributed by atoms with Crippen LogP contribution in [0.4, 0.5) is 0 Å². The summed E-state index contributed by atoms with van der Waals surface area (Å²) in [5, 5.41) is 4.53. The van der Waals surface area contributed by atoms with Gasteiger partial charge in [-0.3, -0.25) is 0 Å². The first kappa shape index (κ1) is 19.0. The van der Waals surface area contributed by atoms with Crippen molar-refractivity contribution < 1.29 is 4.74 Å². The molecule has 9 aliphatic rings. The molecule has 1 N–H and O–H groups in total. The van der Waals surface area contributed by atoms with E-state index in [2.05, 4.69) is 109 Å². The van der Waals surface area contributed by atoms with E-state index in [1.165, 1.54) is 43.9 Å². The fourth-order valence-corrected chi connectivity index (χ4v) is 29.4. The molecule has 3 nitrogen and oxygen atoms in total. The van der Waals surface area contributed by atoms with E-state index in [0.717, 1.165) is 42.6 Å². The van der Waals surface area contributed by atoms with Gasteiger partial charge in [0.15, 0.2) is 0 Å². The maximum absolute atomic E-state index is 6.48. The summed E-state index contributed by atoms with van der Waals surface area (Å²) in [6, 6.07) is 29.9. The molecule has 7 saturated heterocycles. The Labute approximate surface area is 224 Å². The van der Waals surface area contributed by atoms with Crippen LogP contribution in [0.25, 0.3) is 27.5 Å². The SMILES string of the molecule is [B]1B2B3[B-]P123NP12(c3ccc4c(c3)c3cccc5c3n4-c3cccc4c3B5c3ccccc3O4)B3[B-]B1B32. The molecule has 5 aromatic rings. The summed E-state index contributed by atoms with van der Waals surface area (Å²) in [5.41, 5.74) is 7.98. The second-order valence-electron chi connectivity index (χ2n) is 13.3. The van der Waals surface area contributed by atoms with E-state index in [4.69, 9.17) is 4.74 Å². The topological polar surface area (TPSA) is 26.2 Å². The minimum absolute atomic E-state index is 0.202. The molecule has 0 amide bonds. The van der Waals surface area contributed by atoms with E-state index in [9.17, 15) is 0 Å². The summed E-state index contributed by atoms with van der Waals surface area (Å²) in [4.78, 5) is 4.62. The van der Waals surface area contributed by atoms with Gasteiger partial charge < -0.3 is 0 Å². The van der Waals surface area contributed by atoms with Gasteiger partial charge in [0, 0.05) is 0 Å². The average Bonchev–Trinajstić information content (AvgIpc) is 3.88. The van der Waals surface area contributed by atoms with Gasteiger partial charge in [0.25, 0.3) is 0 Å². The molecule has 0 unspecified atom stereocenters. The van der Waals surface area contributed by atoms with Crippen LogP contribution in [0, 0.1) is 0 Å². The van der Waals surface area contributed by atoms with E-state index in [1.807, 2.05) is 0 Å². The Morgan fingerprint density at radius 2 is 1.66 bits per heavy atom. The van der Waals surface area contributed by atoms with Crippen LogP contribution in [0.15, 0.2) is 78.9 Å². The second-order valence-corrected chi connectivity index (χ2v) is 23.7. The average molecular weight is 506 g/mol. The number of fused-ring (bicyclic) bond motifs is 8. The first-order valence-electron chi connectivity index (χ1n) is 14.1. The number of nitrogens with one attached hydrogen (secondary N) is 1. The van der Waals surface area contributed by atoms with Crippen molar-refractivity contribution in [2.45, 2.75) is 0 Å². The van der Waals surface area contributed by atoms with Crippen LogP contribution in [-0.4, -0.2) is 63.2 Å². The number of ether oxygens (including phenoxy) is 1. The first-order chi connectivity index (χ1) is 18.7. The molecule has 1 aromatic heterocycles. The van der Waals surface area contributed by atoms with E-state index < -0.39 is 12.7 Å². The molecule has 10 heterocycles. The molecule has 4 aromatic carbocycles. The van der Waals surface area contributed by atoms with E-state index in [0.29, 0.717) is 0 Å². The van der Waals surface area contributed by atoms with Gasteiger partial charge >= 0.3 is 225 Å². The Bertz CT molecular complexity index is 2120. The van der Waals surface area contributed by atoms with Crippen molar-refractivity contribution >= 4 is 115 Å². The fourth-order valence-electron chi connectivity index (χ4n) is 10.2. The summed E-state index contributed by atoms with van der Waals surface area (Å²) >= 11 is 0. The molecule has 165 valence electrons. The second kappa shape index (κ2) is 4.96. The van der Waals surface area contributed by atoms with E-state index >= 15 is 0 Å². The molecule has 1 spiro atoms. The van der Waals surface area contributed by atoms with Gasteiger partial charge in [-0.05, 0) is 0 Å². The predicted molar refractivity (Wildman–Crippen MR) is 175 cm³/mol. The summed E-state index contributed by atoms with van der Waals surface area (Å²) in [7, 11) is 2.68. The van der Waals surface area contributed by atoms with Crippen LogP contribution in [-0.2, 0) is 0 Å². The third-order valence-electron chi connectivity index (χ3n) is 12.4. The van der Waals surface area contributed by atoms with E-state index in [-0.39, 0.29) is 6.71 Å². The standard InChI is InChI=1S/C24H14B9N2OP2/c1-2-9-21-17(6-1)28-18-7-3-5-15-16-13-14(37(29-25-30(37)33(29)37)34-38-26-31(38)32(38)27-38)11-12-19(16)35(24(15)18)20-8-4-10-22(36-21)23(20)28/h1-13,34H/q-2. The number of hydrogen-bond donors (Lipinski definition) is 1. The van der Waals surface area contributed by atoms with Crippen molar-refractivity contribution in [2.24, 2.45) is 0 Å². The van der Waals surface area contributed by atoms with Gasteiger partial charge in [-0.25, -0.2) is 0 Å². The number of nitrogens with zero attached hydrogens (tertiary/aromatic N) is 1.